The summed E-state index contributed by atoms with van der Waals surface area (Å²) in [5.41, 5.74) is 0.983. The maximum atomic E-state index is 12.8. The first kappa shape index (κ1) is 23.7. The van der Waals surface area contributed by atoms with Crippen LogP contribution in [0.5, 0.6) is 0 Å². The average molecular weight is 462 g/mol. The Balaban J connectivity index is 1.34. The molecule has 1 aromatic carbocycles. The molecule has 2 heterocycles. The maximum Gasteiger partial charge on any atom is 0.243 e. The van der Waals surface area contributed by atoms with E-state index < -0.39 is 10.0 Å². The van der Waals surface area contributed by atoms with Gasteiger partial charge in [-0.15, -0.1) is 0 Å². The van der Waals surface area contributed by atoms with E-state index in [1.807, 2.05) is 0 Å². The van der Waals surface area contributed by atoms with Gasteiger partial charge in [-0.3, -0.25) is 9.69 Å². The Morgan fingerprint density at radius 2 is 1.38 bits per heavy atom. The van der Waals surface area contributed by atoms with Gasteiger partial charge in [0.15, 0.2) is 0 Å². The first-order valence-corrected chi connectivity index (χ1v) is 14.0. The quantitative estimate of drug-likeness (QED) is 0.672. The van der Waals surface area contributed by atoms with Crippen molar-refractivity contribution in [1.29, 1.82) is 0 Å². The van der Waals surface area contributed by atoms with Gasteiger partial charge in [0.1, 0.15) is 0 Å². The SMILES string of the molecule is O=C(Cc1ccc(S(=O)(=O)N2CCCCC2)cc1)NCC1(N2CCCCC2)CCCCC1. The zero-order valence-electron chi connectivity index (χ0n) is 19.4. The lowest BCUT2D eigenvalue weighted by Crippen LogP contribution is -2.58. The summed E-state index contributed by atoms with van der Waals surface area (Å²) < 4.78 is 27.2. The predicted molar refractivity (Wildman–Crippen MR) is 127 cm³/mol. The van der Waals surface area contributed by atoms with Gasteiger partial charge in [-0.1, -0.05) is 44.2 Å². The van der Waals surface area contributed by atoms with E-state index in [4.69, 9.17) is 0 Å². The lowest BCUT2D eigenvalue weighted by atomic mass is 9.79. The van der Waals surface area contributed by atoms with Gasteiger partial charge in [-0.2, -0.15) is 4.31 Å². The van der Waals surface area contributed by atoms with Crippen LogP contribution in [-0.4, -0.2) is 61.8 Å². The van der Waals surface area contributed by atoms with Crippen LogP contribution in [-0.2, 0) is 21.2 Å². The molecule has 0 spiro atoms. The Kier molecular flexibility index (Phi) is 7.90. The third-order valence-electron chi connectivity index (χ3n) is 7.67. The van der Waals surface area contributed by atoms with Crippen LogP contribution in [0.4, 0.5) is 0 Å². The summed E-state index contributed by atoms with van der Waals surface area (Å²) in [4.78, 5) is 15.7. The zero-order chi connectivity index (χ0) is 22.4. The average Bonchev–Trinajstić information content (AvgIpc) is 2.85. The highest BCUT2D eigenvalue weighted by Gasteiger charge is 2.38. The first-order chi connectivity index (χ1) is 15.5. The molecule has 0 unspecified atom stereocenters. The summed E-state index contributed by atoms with van der Waals surface area (Å²) in [6.45, 7) is 4.25. The molecule has 1 saturated carbocycles. The highest BCUT2D eigenvalue weighted by atomic mass is 32.2. The number of hydrogen-bond donors (Lipinski definition) is 1. The van der Waals surface area contributed by atoms with Crippen LogP contribution in [0.1, 0.15) is 76.2 Å². The number of amides is 1. The van der Waals surface area contributed by atoms with Gasteiger partial charge < -0.3 is 5.32 Å². The standard InChI is InChI=1S/C25H39N3O3S/c29-24(26-21-25(14-4-1-5-15-25)27-16-6-2-7-17-27)20-22-10-12-23(13-11-22)32(30,31)28-18-8-3-9-19-28/h10-13H,1-9,14-21H2,(H,26,29). The number of carbonyl (C=O) groups excluding carboxylic acids is 1. The van der Waals surface area contributed by atoms with Crippen LogP contribution in [0.25, 0.3) is 0 Å². The smallest absolute Gasteiger partial charge is 0.243 e. The Morgan fingerprint density at radius 1 is 0.812 bits per heavy atom. The van der Waals surface area contributed by atoms with Gasteiger partial charge in [0.2, 0.25) is 15.9 Å². The summed E-state index contributed by atoms with van der Waals surface area (Å²) >= 11 is 0. The molecule has 178 valence electrons. The molecule has 1 aliphatic carbocycles. The Morgan fingerprint density at radius 3 is 2.00 bits per heavy atom. The number of carbonyl (C=O) groups is 1. The van der Waals surface area contributed by atoms with Crippen LogP contribution < -0.4 is 5.32 Å². The number of nitrogens with one attached hydrogen (secondary N) is 1. The lowest BCUT2D eigenvalue weighted by Gasteiger charge is -2.48. The van der Waals surface area contributed by atoms with Crippen molar-refractivity contribution in [3.8, 4) is 0 Å². The van der Waals surface area contributed by atoms with E-state index in [9.17, 15) is 13.2 Å². The molecule has 0 aromatic heterocycles. The number of sulfonamides is 1. The number of hydrogen-bond acceptors (Lipinski definition) is 4. The number of piperidine rings is 2. The number of likely N-dealkylation sites (tertiary alicyclic amines) is 1. The highest BCUT2D eigenvalue weighted by Crippen LogP contribution is 2.35. The number of nitrogens with zero attached hydrogens (tertiary/aromatic N) is 2. The molecule has 1 N–H and O–H groups in total. The van der Waals surface area contributed by atoms with Crippen LogP contribution >= 0.6 is 0 Å². The Labute approximate surface area is 193 Å². The summed E-state index contributed by atoms with van der Waals surface area (Å²) in [6.07, 6.45) is 13.3. The minimum atomic E-state index is -3.43. The molecule has 7 heteroatoms. The molecular weight excluding hydrogens is 422 g/mol. The van der Waals surface area contributed by atoms with Crippen LogP contribution in [0.2, 0.25) is 0 Å². The van der Waals surface area contributed by atoms with E-state index in [0.717, 1.165) is 44.5 Å². The third-order valence-corrected chi connectivity index (χ3v) is 9.58. The van der Waals surface area contributed by atoms with E-state index in [-0.39, 0.29) is 11.4 Å². The van der Waals surface area contributed by atoms with E-state index >= 15 is 0 Å². The zero-order valence-corrected chi connectivity index (χ0v) is 20.2. The van der Waals surface area contributed by atoms with E-state index in [1.54, 1.807) is 28.6 Å². The summed E-state index contributed by atoms with van der Waals surface area (Å²) in [7, 11) is -3.43. The van der Waals surface area contributed by atoms with Crippen molar-refractivity contribution in [3.63, 3.8) is 0 Å². The molecule has 0 atom stereocenters. The molecule has 0 bridgehead atoms. The van der Waals surface area contributed by atoms with Crippen molar-refractivity contribution in [2.24, 2.45) is 0 Å². The molecule has 4 rings (SSSR count). The van der Waals surface area contributed by atoms with E-state index in [1.165, 1.54) is 51.4 Å². The van der Waals surface area contributed by atoms with Gasteiger partial charge in [-0.05, 0) is 69.3 Å². The molecule has 3 fully saturated rings. The second kappa shape index (κ2) is 10.7. The highest BCUT2D eigenvalue weighted by molar-refractivity contribution is 7.89. The fourth-order valence-corrected chi connectivity index (χ4v) is 7.24. The lowest BCUT2D eigenvalue weighted by molar-refractivity contribution is -0.121. The fourth-order valence-electron chi connectivity index (χ4n) is 5.73. The van der Waals surface area contributed by atoms with Gasteiger partial charge in [-0.25, -0.2) is 8.42 Å². The number of rotatable bonds is 7. The molecule has 1 aromatic rings. The van der Waals surface area contributed by atoms with E-state index in [2.05, 4.69) is 10.2 Å². The van der Waals surface area contributed by atoms with Crippen molar-refractivity contribution in [2.45, 2.75) is 87.5 Å². The monoisotopic (exact) mass is 461 g/mol. The van der Waals surface area contributed by atoms with Crippen molar-refractivity contribution in [2.75, 3.05) is 32.7 Å². The molecular formula is C25H39N3O3S. The second-order valence-electron chi connectivity index (χ2n) is 9.89. The topological polar surface area (TPSA) is 69.7 Å². The normalized spacial score (nSPS) is 23.0. The minimum absolute atomic E-state index is 0.0265. The van der Waals surface area contributed by atoms with Gasteiger partial charge >= 0.3 is 0 Å². The van der Waals surface area contributed by atoms with Crippen LogP contribution in [0, 0.1) is 0 Å². The van der Waals surface area contributed by atoms with Gasteiger partial charge in [0.05, 0.1) is 11.3 Å². The molecule has 1 amide bonds. The van der Waals surface area contributed by atoms with Gasteiger partial charge in [0, 0.05) is 25.2 Å². The van der Waals surface area contributed by atoms with Crippen LogP contribution in [0.15, 0.2) is 29.2 Å². The third kappa shape index (κ3) is 5.54. The van der Waals surface area contributed by atoms with E-state index in [0.29, 0.717) is 24.4 Å². The molecule has 6 nitrogen and oxygen atoms in total. The van der Waals surface area contributed by atoms with Crippen LogP contribution in [0.3, 0.4) is 0 Å². The Hall–Kier alpha value is -1.44. The van der Waals surface area contributed by atoms with Crippen molar-refractivity contribution < 1.29 is 13.2 Å². The molecule has 32 heavy (non-hydrogen) atoms. The van der Waals surface area contributed by atoms with Crippen molar-refractivity contribution in [3.05, 3.63) is 29.8 Å². The molecule has 2 aliphatic heterocycles. The summed E-state index contributed by atoms with van der Waals surface area (Å²) in [6, 6.07) is 6.89. The van der Waals surface area contributed by atoms with Gasteiger partial charge in [0.25, 0.3) is 0 Å². The van der Waals surface area contributed by atoms with Crippen molar-refractivity contribution >= 4 is 15.9 Å². The second-order valence-corrected chi connectivity index (χ2v) is 11.8. The number of benzene rings is 1. The molecule has 0 radical (unpaired) electrons. The van der Waals surface area contributed by atoms with Crippen molar-refractivity contribution in [1.82, 2.24) is 14.5 Å². The summed E-state index contributed by atoms with van der Waals surface area (Å²) in [5.74, 6) is 0.0265. The first-order valence-electron chi connectivity index (χ1n) is 12.6. The molecule has 3 aliphatic rings. The fraction of sp³-hybridized carbons (Fsp3) is 0.720. The Bertz CT molecular complexity index is 851. The largest absolute Gasteiger partial charge is 0.354 e. The summed E-state index contributed by atoms with van der Waals surface area (Å²) in [5, 5.41) is 3.23. The maximum absolute atomic E-state index is 12.8. The minimum Gasteiger partial charge on any atom is -0.354 e. The predicted octanol–water partition coefficient (Wildman–Crippen LogP) is 3.71. The molecule has 2 saturated heterocycles.